The van der Waals surface area contributed by atoms with Gasteiger partial charge in [0.05, 0.1) is 0 Å². The minimum Gasteiger partial charge on any atom is -0.399 e. The first-order chi connectivity index (χ1) is 8.95. The summed E-state index contributed by atoms with van der Waals surface area (Å²) < 4.78 is 0. The van der Waals surface area contributed by atoms with Crippen LogP contribution in [0.1, 0.15) is 27.0 Å². The minimum absolute atomic E-state index is 0.140. The van der Waals surface area contributed by atoms with Crippen LogP contribution in [0.2, 0.25) is 0 Å². The number of hydrogen-bond acceptors (Lipinski definition) is 2. The first-order valence-corrected chi connectivity index (χ1v) is 6.21. The van der Waals surface area contributed by atoms with Crippen LogP contribution in [0.5, 0.6) is 0 Å². The van der Waals surface area contributed by atoms with Gasteiger partial charge in [0, 0.05) is 16.9 Å². The predicted octanol–water partition coefficient (Wildman–Crippen LogP) is 3.45. The lowest BCUT2D eigenvalue weighted by Gasteiger charge is -2.09. The van der Waals surface area contributed by atoms with Crippen molar-refractivity contribution in [2.24, 2.45) is 0 Å². The van der Waals surface area contributed by atoms with Crippen molar-refractivity contribution < 1.29 is 4.79 Å². The van der Waals surface area contributed by atoms with Crippen LogP contribution in [0.4, 0.5) is 11.4 Å². The van der Waals surface area contributed by atoms with Crippen LogP contribution in [-0.4, -0.2) is 5.91 Å². The lowest BCUT2D eigenvalue weighted by atomic mass is 10.1. The van der Waals surface area contributed by atoms with Crippen LogP contribution in [-0.2, 0) is 0 Å². The van der Waals surface area contributed by atoms with E-state index in [0.717, 1.165) is 16.8 Å². The highest BCUT2D eigenvalue weighted by Gasteiger charge is 2.07. The third-order valence-corrected chi connectivity index (χ3v) is 3.13. The van der Waals surface area contributed by atoms with Crippen molar-refractivity contribution in [2.45, 2.75) is 20.8 Å². The molecular formula is C16H18N2O. The first-order valence-electron chi connectivity index (χ1n) is 6.21. The summed E-state index contributed by atoms with van der Waals surface area (Å²) in [6, 6.07) is 11.2. The quantitative estimate of drug-likeness (QED) is 0.806. The summed E-state index contributed by atoms with van der Waals surface area (Å²) in [5.41, 5.74) is 11.1. The fraction of sp³-hybridized carbons (Fsp3) is 0.188. The second kappa shape index (κ2) is 5.14. The summed E-state index contributed by atoms with van der Waals surface area (Å²) in [5, 5.41) is 2.89. The average Bonchev–Trinajstić information content (AvgIpc) is 2.32. The topological polar surface area (TPSA) is 55.1 Å². The SMILES string of the molecule is Cc1cc(N)cc(C(=O)Nc2ccc(C)c(C)c2)c1. The number of anilines is 2. The van der Waals surface area contributed by atoms with Crippen LogP contribution in [0.3, 0.4) is 0 Å². The molecule has 0 aliphatic carbocycles. The summed E-state index contributed by atoms with van der Waals surface area (Å²) in [6.07, 6.45) is 0. The zero-order valence-corrected chi connectivity index (χ0v) is 11.4. The molecule has 2 rings (SSSR count). The predicted molar refractivity (Wildman–Crippen MR) is 79.5 cm³/mol. The van der Waals surface area contributed by atoms with Gasteiger partial charge >= 0.3 is 0 Å². The van der Waals surface area contributed by atoms with Crippen LogP contribution in [0.25, 0.3) is 0 Å². The maximum absolute atomic E-state index is 12.1. The lowest BCUT2D eigenvalue weighted by Crippen LogP contribution is -2.12. The number of aryl methyl sites for hydroxylation is 3. The number of carbonyl (C=O) groups is 1. The second-order valence-electron chi connectivity index (χ2n) is 4.89. The normalized spacial score (nSPS) is 10.3. The molecule has 1 amide bonds. The molecule has 3 N–H and O–H groups in total. The summed E-state index contributed by atoms with van der Waals surface area (Å²) in [4.78, 5) is 12.1. The fourth-order valence-electron chi connectivity index (χ4n) is 1.97. The Morgan fingerprint density at radius 3 is 2.37 bits per heavy atom. The zero-order chi connectivity index (χ0) is 14.0. The third-order valence-electron chi connectivity index (χ3n) is 3.13. The molecule has 3 heteroatoms. The highest BCUT2D eigenvalue weighted by molar-refractivity contribution is 6.05. The molecule has 98 valence electrons. The molecule has 0 aromatic heterocycles. The number of benzene rings is 2. The Morgan fingerprint density at radius 2 is 1.74 bits per heavy atom. The van der Waals surface area contributed by atoms with E-state index in [1.165, 1.54) is 5.56 Å². The molecule has 0 bridgehead atoms. The van der Waals surface area contributed by atoms with Gasteiger partial charge < -0.3 is 11.1 Å². The molecule has 0 aliphatic heterocycles. The molecule has 0 heterocycles. The van der Waals surface area contributed by atoms with Crippen molar-refractivity contribution in [2.75, 3.05) is 11.1 Å². The number of hydrogen-bond donors (Lipinski definition) is 2. The van der Waals surface area contributed by atoms with Gasteiger partial charge in [0.1, 0.15) is 0 Å². The average molecular weight is 254 g/mol. The van der Waals surface area contributed by atoms with E-state index in [2.05, 4.69) is 5.32 Å². The molecule has 0 unspecified atom stereocenters. The monoisotopic (exact) mass is 254 g/mol. The van der Waals surface area contributed by atoms with Gasteiger partial charge in [-0.2, -0.15) is 0 Å². The Kier molecular flexibility index (Phi) is 3.56. The highest BCUT2D eigenvalue weighted by Crippen LogP contribution is 2.17. The summed E-state index contributed by atoms with van der Waals surface area (Å²) in [5.74, 6) is -0.140. The number of amides is 1. The number of nitrogen functional groups attached to an aromatic ring is 1. The van der Waals surface area contributed by atoms with E-state index in [0.29, 0.717) is 11.3 Å². The van der Waals surface area contributed by atoms with Gasteiger partial charge in [-0.25, -0.2) is 0 Å². The molecule has 0 spiro atoms. The summed E-state index contributed by atoms with van der Waals surface area (Å²) >= 11 is 0. The van der Waals surface area contributed by atoms with Gasteiger partial charge in [-0.15, -0.1) is 0 Å². The van der Waals surface area contributed by atoms with Crippen molar-refractivity contribution in [3.63, 3.8) is 0 Å². The Morgan fingerprint density at radius 1 is 1.00 bits per heavy atom. The van der Waals surface area contributed by atoms with Gasteiger partial charge in [-0.05, 0) is 67.8 Å². The summed E-state index contributed by atoms with van der Waals surface area (Å²) in [6.45, 7) is 5.99. The van der Waals surface area contributed by atoms with Crippen molar-refractivity contribution in [3.05, 3.63) is 58.7 Å². The molecule has 3 nitrogen and oxygen atoms in total. The molecular weight excluding hydrogens is 236 g/mol. The molecule has 0 aliphatic rings. The van der Waals surface area contributed by atoms with Crippen LogP contribution < -0.4 is 11.1 Å². The first kappa shape index (κ1) is 13.1. The van der Waals surface area contributed by atoms with Crippen molar-refractivity contribution >= 4 is 17.3 Å². The fourth-order valence-corrected chi connectivity index (χ4v) is 1.97. The van der Waals surface area contributed by atoms with E-state index < -0.39 is 0 Å². The van der Waals surface area contributed by atoms with E-state index in [1.807, 2.05) is 51.1 Å². The number of carbonyl (C=O) groups excluding carboxylic acids is 1. The number of nitrogens with one attached hydrogen (secondary N) is 1. The third kappa shape index (κ3) is 3.13. The van der Waals surface area contributed by atoms with E-state index in [1.54, 1.807) is 6.07 Å². The van der Waals surface area contributed by atoms with Gasteiger partial charge in [0.2, 0.25) is 0 Å². The Labute approximate surface area is 113 Å². The zero-order valence-electron chi connectivity index (χ0n) is 11.4. The van der Waals surface area contributed by atoms with E-state index in [9.17, 15) is 4.79 Å². The van der Waals surface area contributed by atoms with E-state index in [4.69, 9.17) is 5.73 Å². The maximum atomic E-state index is 12.1. The van der Waals surface area contributed by atoms with Crippen LogP contribution in [0, 0.1) is 20.8 Å². The Bertz CT molecular complexity index is 612. The van der Waals surface area contributed by atoms with Crippen molar-refractivity contribution in [1.82, 2.24) is 0 Å². The Balaban J connectivity index is 2.22. The molecule has 0 radical (unpaired) electrons. The van der Waals surface area contributed by atoms with Gasteiger partial charge in [-0.1, -0.05) is 6.07 Å². The van der Waals surface area contributed by atoms with Crippen molar-refractivity contribution in [1.29, 1.82) is 0 Å². The molecule has 0 atom stereocenters. The maximum Gasteiger partial charge on any atom is 0.255 e. The molecule has 19 heavy (non-hydrogen) atoms. The lowest BCUT2D eigenvalue weighted by molar-refractivity contribution is 0.102. The summed E-state index contributed by atoms with van der Waals surface area (Å²) in [7, 11) is 0. The Hall–Kier alpha value is -2.29. The molecule has 2 aromatic rings. The van der Waals surface area contributed by atoms with Gasteiger partial charge in [0.15, 0.2) is 0 Å². The van der Waals surface area contributed by atoms with E-state index >= 15 is 0 Å². The molecule has 0 saturated carbocycles. The standard InChI is InChI=1S/C16H18N2O/c1-10-6-13(9-14(17)7-10)16(19)18-15-5-4-11(2)12(3)8-15/h4-9H,17H2,1-3H3,(H,18,19). The molecule has 0 fully saturated rings. The van der Waals surface area contributed by atoms with Crippen LogP contribution in [0.15, 0.2) is 36.4 Å². The van der Waals surface area contributed by atoms with Gasteiger partial charge in [-0.3, -0.25) is 4.79 Å². The highest BCUT2D eigenvalue weighted by atomic mass is 16.1. The van der Waals surface area contributed by atoms with E-state index in [-0.39, 0.29) is 5.91 Å². The van der Waals surface area contributed by atoms with Crippen LogP contribution >= 0.6 is 0 Å². The molecule has 2 aromatic carbocycles. The largest absolute Gasteiger partial charge is 0.399 e. The minimum atomic E-state index is -0.140. The molecule has 0 saturated heterocycles. The smallest absolute Gasteiger partial charge is 0.255 e. The second-order valence-corrected chi connectivity index (χ2v) is 4.89. The number of nitrogens with two attached hydrogens (primary N) is 1. The van der Waals surface area contributed by atoms with Gasteiger partial charge in [0.25, 0.3) is 5.91 Å². The van der Waals surface area contributed by atoms with Crippen molar-refractivity contribution in [3.8, 4) is 0 Å². The number of rotatable bonds is 2.